The van der Waals surface area contributed by atoms with E-state index < -0.39 is 10.0 Å². The fourth-order valence-corrected chi connectivity index (χ4v) is 3.40. The number of ketones is 1. The minimum absolute atomic E-state index is 0.123. The van der Waals surface area contributed by atoms with Crippen LogP contribution in [0.3, 0.4) is 0 Å². The predicted molar refractivity (Wildman–Crippen MR) is 94.0 cm³/mol. The van der Waals surface area contributed by atoms with Crippen molar-refractivity contribution in [1.29, 1.82) is 0 Å². The fourth-order valence-electron chi connectivity index (χ4n) is 2.08. The summed E-state index contributed by atoms with van der Waals surface area (Å²) in [6, 6.07) is 13.6. The van der Waals surface area contributed by atoms with E-state index in [0.29, 0.717) is 5.56 Å². The second-order valence-corrected chi connectivity index (χ2v) is 7.56. The number of carbonyl (C=O) groups is 1. The molecule has 4 nitrogen and oxygen atoms in total. The fraction of sp³-hybridized carbons (Fsp3) is 0.188. The van der Waals surface area contributed by atoms with Gasteiger partial charge >= 0.3 is 0 Å². The van der Waals surface area contributed by atoms with Crippen molar-refractivity contribution in [2.24, 2.45) is 0 Å². The number of hydrogen-bond donors (Lipinski definition) is 0. The van der Waals surface area contributed by atoms with Gasteiger partial charge in [0.25, 0.3) is 0 Å². The second-order valence-electron chi connectivity index (χ2n) is 4.98. The molecular formula is C16H15Cl2NO3S. The Morgan fingerprint density at radius 1 is 1.13 bits per heavy atom. The van der Waals surface area contributed by atoms with Crippen molar-refractivity contribution in [3.63, 3.8) is 0 Å². The molecule has 0 aliphatic rings. The first kappa shape index (κ1) is 17.8. The van der Waals surface area contributed by atoms with Crippen LogP contribution in [-0.4, -0.2) is 26.3 Å². The molecule has 0 saturated carbocycles. The molecule has 0 heterocycles. The summed E-state index contributed by atoms with van der Waals surface area (Å²) >= 11 is 11.7. The minimum atomic E-state index is -3.58. The van der Waals surface area contributed by atoms with E-state index in [1.165, 1.54) is 22.5 Å². The van der Waals surface area contributed by atoms with E-state index in [0.717, 1.165) is 11.8 Å². The number of carbonyl (C=O) groups excluding carboxylic acids is 1. The van der Waals surface area contributed by atoms with Crippen LogP contribution in [0.4, 0.5) is 5.69 Å². The van der Waals surface area contributed by atoms with E-state index in [1.807, 2.05) is 30.3 Å². The van der Waals surface area contributed by atoms with Crippen LogP contribution >= 0.6 is 23.2 Å². The van der Waals surface area contributed by atoms with Crippen molar-refractivity contribution in [2.45, 2.75) is 6.54 Å². The Hall–Kier alpha value is -1.56. The lowest BCUT2D eigenvalue weighted by atomic mass is 10.1. The number of benzene rings is 2. The summed E-state index contributed by atoms with van der Waals surface area (Å²) in [5.74, 6) is -0.476. The molecule has 2 aromatic carbocycles. The Morgan fingerprint density at radius 2 is 1.78 bits per heavy atom. The predicted octanol–water partition coefficient (Wildman–Crippen LogP) is 3.73. The Balaban J connectivity index is 2.50. The van der Waals surface area contributed by atoms with Gasteiger partial charge in [0.15, 0.2) is 5.78 Å². The van der Waals surface area contributed by atoms with Crippen molar-refractivity contribution in [1.82, 2.24) is 0 Å². The Kier molecular flexibility index (Phi) is 5.68. The highest BCUT2D eigenvalue weighted by molar-refractivity contribution is 7.92. The molecule has 2 aromatic rings. The van der Waals surface area contributed by atoms with Gasteiger partial charge in [-0.3, -0.25) is 9.10 Å². The number of Topliss-reactive ketones (excluding diaryl/α,β-unsaturated/α-hetero) is 1. The maximum atomic E-state index is 12.2. The van der Waals surface area contributed by atoms with Gasteiger partial charge in [-0.1, -0.05) is 41.9 Å². The van der Waals surface area contributed by atoms with Crippen molar-refractivity contribution in [3.05, 3.63) is 64.7 Å². The molecule has 0 saturated heterocycles. The molecule has 0 aliphatic carbocycles. The lowest BCUT2D eigenvalue weighted by molar-refractivity contribution is 0.102. The molecule has 0 amide bonds. The maximum absolute atomic E-state index is 12.2. The van der Waals surface area contributed by atoms with Crippen molar-refractivity contribution < 1.29 is 13.2 Å². The molecule has 0 unspecified atom stereocenters. The summed E-state index contributed by atoms with van der Waals surface area (Å²) < 4.78 is 25.6. The molecule has 122 valence electrons. The second kappa shape index (κ2) is 7.34. The summed E-state index contributed by atoms with van der Waals surface area (Å²) in [6.45, 7) is 0.123. The molecule has 0 aliphatic heterocycles. The van der Waals surface area contributed by atoms with Crippen molar-refractivity contribution in [2.75, 3.05) is 16.4 Å². The van der Waals surface area contributed by atoms with Gasteiger partial charge in [0.1, 0.15) is 0 Å². The summed E-state index contributed by atoms with van der Waals surface area (Å²) in [7, 11) is -3.58. The number of nitrogens with zero attached hydrogens (tertiary/aromatic N) is 1. The highest BCUT2D eigenvalue weighted by atomic mass is 35.5. The summed E-state index contributed by atoms with van der Waals surface area (Å²) in [5.41, 5.74) is 1.39. The first-order chi connectivity index (χ1) is 10.8. The lowest BCUT2D eigenvalue weighted by Gasteiger charge is -2.24. The van der Waals surface area contributed by atoms with Crippen LogP contribution in [0.2, 0.25) is 5.02 Å². The van der Waals surface area contributed by atoms with Crippen molar-refractivity contribution >= 4 is 44.7 Å². The van der Waals surface area contributed by atoms with Crippen LogP contribution < -0.4 is 4.31 Å². The topological polar surface area (TPSA) is 54.5 Å². The zero-order valence-electron chi connectivity index (χ0n) is 12.4. The van der Waals surface area contributed by atoms with Gasteiger partial charge in [0.05, 0.1) is 29.4 Å². The van der Waals surface area contributed by atoms with Crippen LogP contribution in [-0.2, 0) is 16.6 Å². The third-order valence-corrected chi connectivity index (χ3v) is 4.92. The first-order valence-corrected chi connectivity index (χ1v) is 9.49. The molecule has 0 radical (unpaired) electrons. The number of anilines is 1. The normalized spacial score (nSPS) is 11.3. The maximum Gasteiger partial charge on any atom is 0.232 e. The van der Waals surface area contributed by atoms with E-state index >= 15 is 0 Å². The van der Waals surface area contributed by atoms with E-state index in [-0.39, 0.29) is 28.9 Å². The van der Waals surface area contributed by atoms with Crippen LogP contribution in [0.5, 0.6) is 0 Å². The SMILES string of the molecule is CS(=O)(=O)N(Cc1ccccc1)c1cc(C(=O)CCl)ccc1Cl. The molecule has 0 atom stereocenters. The molecular weight excluding hydrogens is 357 g/mol. The van der Waals surface area contributed by atoms with Crippen LogP contribution in [0, 0.1) is 0 Å². The van der Waals surface area contributed by atoms with Crippen LogP contribution in [0.15, 0.2) is 48.5 Å². The Morgan fingerprint density at radius 3 is 2.35 bits per heavy atom. The largest absolute Gasteiger partial charge is 0.293 e. The van der Waals surface area contributed by atoms with E-state index in [9.17, 15) is 13.2 Å². The monoisotopic (exact) mass is 371 g/mol. The van der Waals surface area contributed by atoms with Crippen molar-refractivity contribution in [3.8, 4) is 0 Å². The highest BCUT2D eigenvalue weighted by Gasteiger charge is 2.21. The number of rotatable bonds is 6. The number of sulfonamides is 1. The lowest BCUT2D eigenvalue weighted by Crippen LogP contribution is -2.29. The number of halogens is 2. The standard InChI is InChI=1S/C16H15Cl2NO3S/c1-23(21,22)19(11-12-5-3-2-4-6-12)15-9-13(16(20)10-17)7-8-14(15)18/h2-9H,10-11H2,1H3. The van der Waals surface area contributed by atoms with E-state index in [1.54, 1.807) is 0 Å². The summed E-state index contributed by atoms with van der Waals surface area (Å²) in [5, 5.41) is 0.248. The molecule has 23 heavy (non-hydrogen) atoms. The third-order valence-electron chi connectivity index (χ3n) is 3.23. The van der Waals surface area contributed by atoms with Gasteiger partial charge in [-0.2, -0.15) is 0 Å². The minimum Gasteiger partial charge on any atom is -0.293 e. The molecule has 0 spiro atoms. The molecule has 0 fully saturated rings. The zero-order valence-corrected chi connectivity index (χ0v) is 14.7. The molecule has 7 heteroatoms. The van der Waals surface area contributed by atoms with Crippen LogP contribution in [0.25, 0.3) is 0 Å². The van der Waals surface area contributed by atoms with E-state index in [4.69, 9.17) is 23.2 Å². The van der Waals surface area contributed by atoms with Gasteiger partial charge in [0, 0.05) is 5.56 Å². The van der Waals surface area contributed by atoms with Gasteiger partial charge in [-0.25, -0.2) is 8.42 Å². The zero-order chi connectivity index (χ0) is 17.0. The first-order valence-electron chi connectivity index (χ1n) is 6.73. The highest BCUT2D eigenvalue weighted by Crippen LogP contribution is 2.30. The molecule has 0 N–H and O–H groups in total. The number of alkyl halides is 1. The molecule has 0 bridgehead atoms. The van der Waals surface area contributed by atoms with Gasteiger partial charge in [-0.05, 0) is 23.8 Å². The molecule has 0 aromatic heterocycles. The number of hydrogen-bond acceptors (Lipinski definition) is 3. The quantitative estimate of drug-likeness (QED) is 0.574. The van der Waals surface area contributed by atoms with E-state index in [2.05, 4.69) is 0 Å². The Bertz CT molecular complexity index is 807. The van der Waals surface area contributed by atoms with Crippen LogP contribution in [0.1, 0.15) is 15.9 Å². The van der Waals surface area contributed by atoms with Gasteiger partial charge in [-0.15, -0.1) is 11.6 Å². The third kappa shape index (κ3) is 4.47. The Labute approximate surface area is 145 Å². The van der Waals surface area contributed by atoms with Gasteiger partial charge in [0.2, 0.25) is 10.0 Å². The summed E-state index contributed by atoms with van der Waals surface area (Å²) in [4.78, 5) is 11.8. The smallest absolute Gasteiger partial charge is 0.232 e. The average molecular weight is 372 g/mol. The molecule has 2 rings (SSSR count). The summed E-state index contributed by atoms with van der Waals surface area (Å²) in [6.07, 6.45) is 1.10. The average Bonchev–Trinajstić information content (AvgIpc) is 2.52. The van der Waals surface area contributed by atoms with Gasteiger partial charge < -0.3 is 0 Å².